The van der Waals surface area contributed by atoms with Gasteiger partial charge in [-0.1, -0.05) is 19.0 Å². The minimum absolute atomic E-state index is 0. The number of aromatic nitrogens is 2. The lowest BCUT2D eigenvalue weighted by Crippen LogP contribution is -2.38. The van der Waals surface area contributed by atoms with Crippen LogP contribution in [-0.4, -0.2) is 47.1 Å². The maximum Gasteiger partial charge on any atom is 0.227 e. The number of halogens is 1. The summed E-state index contributed by atoms with van der Waals surface area (Å²) in [6, 6.07) is 0.321. The van der Waals surface area contributed by atoms with Crippen LogP contribution in [0.4, 0.5) is 0 Å². The fourth-order valence-corrected chi connectivity index (χ4v) is 2.17. The predicted octanol–water partition coefficient (Wildman–Crippen LogP) is 1.37. The van der Waals surface area contributed by atoms with E-state index in [1.54, 1.807) is 0 Å². The molecule has 2 rings (SSSR count). The topological polar surface area (TPSA) is 71.3 Å². The van der Waals surface area contributed by atoms with Crippen LogP contribution in [0, 0.1) is 0 Å². The molecule has 7 heteroatoms. The van der Waals surface area contributed by atoms with E-state index in [0.717, 1.165) is 19.5 Å². The molecule has 1 aromatic rings. The molecule has 114 valence electrons. The molecule has 0 saturated carbocycles. The first-order chi connectivity index (χ1) is 9.08. The Hall–Kier alpha value is -1.14. The molecule has 1 aliphatic heterocycles. The molecule has 1 fully saturated rings. The molecule has 0 bridgehead atoms. The van der Waals surface area contributed by atoms with Gasteiger partial charge in [0.25, 0.3) is 0 Å². The van der Waals surface area contributed by atoms with Crippen molar-refractivity contribution in [3.05, 3.63) is 11.7 Å². The second kappa shape index (κ2) is 7.59. The van der Waals surface area contributed by atoms with Gasteiger partial charge in [0.15, 0.2) is 5.82 Å². The number of hydrogen-bond acceptors (Lipinski definition) is 5. The van der Waals surface area contributed by atoms with Gasteiger partial charge in [0.05, 0.1) is 0 Å². The van der Waals surface area contributed by atoms with E-state index in [-0.39, 0.29) is 24.2 Å². The zero-order valence-corrected chi connectivity index (χ0v) is 13.1. The van der Waals surface area contributed by atoms with Crippen LogP contribution >= 0.6 is 12.4 Å². The highest BCUT2D eigenvalue weighted by Gasteiger charge is 2.23. The number of carbonyl (C=O) groups is 1. The zero-order valence-electron chi connectivity index (χ0n) is 12.3. The smallest absolute Gasteiger partial charge is 0.227 e. The van der Waals surface area contributed by atoms with E-state index < -0.39 is 0 Å². The number of amides is 1. The third-order valence-electron chi connectivity index (χ3n) is 3.53. The molecule has 1 atom stereocenters. The molecule has 6 nitrogen and oxygen atoms in total. The van der Waals surface area contributed by atoms with Gasteiger partial charge in [-0.3, -0.25) is 4.79 Å². The number of nitrogens with one attached hydrogen (secondary N) is 1. The second-order valence-electron chi connectivity index (χ2n) is 5.35. The van der Waals surface area contributed by atoms with Crippen molar-refractivity contribution in [1.29, 1.82) is 0 Å². The van der Waals surface area contributed by atoms with Crippen LogP contribution < -0.4 is 5.32 Å². The zero-order chi connectivity index (χ0) is 13.8. The first-order valence-electron chi connectivity index (χ1n) is 6.86. The first-order valence-corrected chi connectivity index (χ1v) is 6.86. The average molecular weight is 303 g/mol. The number of carbonyl (C=O) groups excluding carboxylic acids is 1. The number of likely N-dealkylation sites (N-methyl/N-ethyl adjacent to an activating group) is 1. The van der Waals surface area contributed by atoms with Crippen molar-refractivity contribution in [1.82, 2.24) is 20.4 Å². The van der Waals surface area contributed by atoms with Crippen LogP contribution in [0.1, 0.15) is 44.3 Å². The standard InChI is InChI=1S/C13H22N4O2.ClH/c1-9(2)13-15-11(19-16-13)4-5-12(18)17(3)10-6-7-14-8-10;/h9-10,14H,4-8H2,1-3H3;1H. The SMILES string of the molecule is CC(C)c1noc(CCC(=O)N(C)C2CCNC2)n1.Cl. The van der Waals surface area contributed by atoms with E-state index in [0.29, 0.717) is 30.6 Å². The van der Waals surface area contributed by atoms with E-state index in [1.165, 1.54) is 0 Å². The Labute approximate surface area is 125 Å². The van der Waals surface area contributed by atoms with E-state index in [2.05, 4.69) is 15.5 Å². The number of hydrogen-bond donors (Lipinski definition) is 1. The molecule has 0 radical (unpaired) electrons. The van der Waals surface area contributed by atoms with Gasteiger partial charge < -0.3 is 14.7 Å². The molecular weight excluding hydrogens is 280 g/mol. The summed E-state index contributed by atoms with van der Waals surface area (Å²) in [5.41, 5.74) is 0. The minimum Gasteiger partial charge on any atom is -0.341 e. The van der Waals surface area contributed by atoms with Crippen LogP contribution in [0.25, 0.3) is 0 Å². The summed E-state index contributed by atoms with van der Waals surface area (Å²) in [6.07, 6.45) is 1.97. The molecule has 1 aromatic heterocycles. The third-order valence-corrected chi connectivity index (χ3v) is 3.53. The van der Waals surface area contributed by atoms with Crippen LogP contribution in [0.2, 0.25) is 0 Å². The van der Waals surface area contributed by atoms with Crippen molar-refractivity contribution in [2.75, 3.05) is 20.1 Å². The predicted molar refractivity (Wildman–Crippen MR) is 78.0 cm³/mol. The summed E-state index contributed by atoms with van der Waals surface area (Å²) in [6.45, 7) is 5.91. The van der Waals surface area contributed by atoms with Gasteiger partial charge in [0, 0.05) is 38.4 Å². The molecule has 0 spiro atoms. The highest BCUT2D eigenvalue weighted by Crippen LogP contribution is 2.12. The van der Waals surface area contributed by atoms with Gasteiger partial charge in [0.1, 0.15) is 0 Å². The van der Waals surface area contributed by atoms with E-state index in [1.807, 2.05) is 25.8 Å². The Morgan fingerprint density at radius 3 is 2.85 bits per heavy atom. The summed E-state index contributed by atoms with van der Waals surface area (Å²) in [7, 11) is 1.87. The molecule has 0 aromatic carbocycles. The van der Waals surface area contributed by atoms with Gasteiger partial charge in [-0.15, -0.1) is 12.4 Å². The van der Waals surface area contributed by atoms with Crippen LogP contribution in [0.15, 0.2) is 4.52 Å². The number of rotatable bonds is 5. The van der Waals surface area contributed by atoms with Gasteiger partial charge in [-0.05, 0) is 13.0 Å². The summed E-state index contributed by atoms with van der Waals surface area (Å²) in [5, 5.41) is 7.16. The highest BCUT2D eigenvalue weighted by molar-refractivity contribution is 5.85. The molecular formula is C13H23ClN4O2. The summed E-state index contributed by atoms with van der Waals surface area (Å²) >= 11 is 0. The fraction of sp³-hybridized carbons (Fsp3) is 0.769. The van der Waals surface area contributed by atoms with Gasteiger partial charge >= 0.3 is 0 Å². The van der Waals surface area contributed by atoms with Crippen molar-refractivity contribution < 1.29 is 9.32 Å². The molecule has 2 heterocycles. The monoisotopic (exact) mass is 302 g/mol. The van der Waals surface area contributed by atoms with Crippen molar-refractivity contribution in [2.45, 2.75) is 45.1 Å². The van der Waals surface area contributed by atoms with Crippen LogP contribution in [0.5, 0.6) is 0 Å². The van der Waals surface area contributed by atoms with Crippen molar-refractivity contribution in [3.63, 3.8) is 0 Å². The van der Waals surface area contributed by atoms with E-state index >= 15 is 0 Å². The molecule has 1 amide bonds. The Kier molecular flexibility index (Phi) is 6.42. The van der Waals surface area contributed by atoms with Gasteiger partial charge in [-0.25, -0.2) is 0 Å². The minimum atomic E-state index is 0. The fourth-order valence-electron chi connectivity index (χ4n) is 2.17. The maximum atomic E-state index is 12.1. The largest absolute Gasteiger partial charge is 0.341 e. The Morgan fingerprint density at radius 2 is 2.30 bits per heavy atom. The lowest BCUT2D eigenvalue weighted by molar-refractivity contribution is -0.131. The molecule has 1 aliphatic rings. The molecule has 1 unspecified atom stereocenters. The average Bonchev–Trinajstić information content (AvgIpc) is 3.05. The molecule has 1 saturated heterocycles. The Bertz CT molecular complexity index is 430. The third kappa shape index (κ3) is 4.18. The molecule has 1 N–H and O–H groups in total. The lowest BCUT2D eigenvalue weighted by Gasteiger charge is -2.23. The van der Waals surface area contributed by atoms with E-state index in [9.17, 15) is 4.79 Å². The Balaban J connectivity index is 0.00000200. The summed E-state index contributed by atoms with van der Waals surface area (Å²) in [5.74, 6) is 1.64. The maximum absolute atomic E-state index is 12.1. The number of aryl methyl sites for hydroxylation is 1. The van der Waals surface area contributed by atoms with Crippen LogP contribution in [0.3, 0.4) is 0 Å². The lowest BCUT2D eigenvalue weighted by atomic mass is 10.2. The quantitative estimate of drug-likeness (QED) is 0.889. The van der Waals surface area contributed by atoms with Gasteiger partial charge in [0.2, 0.25) is 11.8 Å². The van der Waals surface area contributed by atoms with Crippen molar-refractivity contribution >= 4 is 18.3 Å². The van der Waals surface area contributed by atoms with E-state index in [4.69, 9.17) is 4.52 Å². The highest BCUT2D eigenvalue weighted by atomic mass is 35.5. The normalized spacial score (nSPS) is 18.1. The summed E-state index contributed by atoms with van der Waals surface area (Å²) < 4.78 is 5.14. The Morgan fingerprint density at radius 1 is 1.55 bits per heavy atom. The van der Waals surface area contributed by atoms with Crippen molar-refractivity contribution in [3.8, 4) is 0 Å². The number of nitrogens with zero attached hydrogens (tertiary/aromatic N) is 3. The first kappa shape index (κ1) is 16.9. The van der Waals surface area contributed by atoms with Crippen LogP contribution in [-0.2, 0) is 11.2 Å². The van der Waals surface area contributed by atoms with Gasteiger partial charge in [-0.2, -0.15) is 4.98 Å². The molecule has 0 aliphatic carbocycles. The second-order valence-corrected chi connectivity index (χ2v) is 5.35. The molecule has 20 heavy (non-hydrogen) atoms. The van der Waals surface area contributed by atoms with Crippen molar-refractivity contribution in [2.24, 2.45) is 0 Å². The summed E-state index contributed by atoms with van der Waals surface area (Å²) in [4.78, 5) is 18.2.